The highest BCUT2D eigenvalue weighted by Gasteiger charge is 2.62. The maximum atomic E-state index is 5.41. The maximum Gasteiger partial charge on any atom is 0.164 e. The van der Waals surface area contributed by atoms with Crippen molar-refractivity contribution in [2.75, 3.05) is 0 Å². The van der Waals surface area contributed by atoms with Gasteiger partial charge in [-0.25, -0.2) is 15.0 Å². The normalized spacial score (nSPS) is 21.7. The Hall–Kier alpha value is -7.17. The molecule has 0 saturated heterocycles. The average Bonchev–Trinajstić information content (AvgIpc) is 3.84. The summed E-state index contributed by atoms with van der Waals surface area (Å²) >= 11 is 0. The van der Waals surface area contributed by atoms with Crippen molar-refractivity contribution in [1.82, 2.24) is 19.5 Å². The van der Waals surface area contributed by atoms with Crippen LogP contribution in [0.5, 0.6) is 0 Å². The molecule has 0 atom stereocenters. The summed E-state index contributed by atoms with van der Waals surface area (Å²) in [6.07, 6.45) is 6.78. The third-order valence-corrected chi connectivity index (χ3v) is 15.6. The topological polar surface area (TPSA) is 43.6 Å². The Morgan fingerprint density at radius 1 is 0.413 bits per heavy atom. The first-order valence-corrected chi connectivity index (χ1v) is 22.9. The molecule has 63 heavy (non-hydrogen) atoms. The van der Waals surface area contributed by atoms with Crippen molar-refractivity contribution in [3.63, 3.8) is 0 Å². The summed E-state index contributed by atoms with van der Waals surface area (Å²) in [5, 5.41) is 5.26. The number of nitrogens with zero attached hydrogens (tertiary/aromatic N) is 4. The smallest absolute Gasteiger partial charge is 0.164 e. The van der Waals surface area contributed by atoms with Gasteiger partial charge in [0.2, 0.25) is 0 Å². The predicted octanol–water partition coefficient (Wildman–Crippen LogP) is 14.5. The number of para-hydroxylation sites is 2. The fraction of sp³-hybridized carbons (Fsp3) is 0.169. The van der Waals surface area contributed by atoms with Gasteiger partial charge in [-0.3, -0.25) is 0 Å². The molecule has 0 radical (unpaired) electrons. The molecule has 8 aromatic carbocycles. The minimum Gasteiger partial charge on any atom is -0.309 e. The largest absolute Gasteiger partial charge is 0.309 e. The molecule has 4 fully saturated rings. The van der Waals surface area contributed by atoms with Crippen LogP contribution in [-0.4, -0.2) is 19.5 Å². The van der Waals surface area contributed by atoms with Crippen LogP contribution in [0.2, 0.25) is 0 Å². The van der Waals surface area contributed by atoms with E-state index in [1.54, 1.807) is 5.56 Å². The van der Waals surface area contributed by atoms with Gasteiger partial charge >= 0.3 is 0 Å². The van der Waals surface area contributed by atoms with E-state index in [-0.39, 0.29) is 5.41 Å². The van der Waals surface area contributed by atoms with Crippen LogP contribution in [0.4, 0.5) is 0 Å². The van der Waals surface area contributed by atoms with Gasteiger partial charge in [0.15, 0.2) is 17.5 Å². The molecule has 2 heterocycles. The van der Waals surface area contributed by atoms with Gasteiger partial charge in [-0.05, 0) is 136 Å². The summed E-state index contributed by atoms with van der Waals surface area (Å²) in [5.74, 6) is 5.13. The van der Waals surface area contributed by atoms with Crippen LogP contribution < -0.4 is 0 Å². The molecule has 2 aromatic heterocycles. The highest BCUT2D eigenvalue weighted by Crippen LogP contribution is 2.70. The van der Waals surface area contributed by atoms with Crippen LogP contribution in [0.1, 0.15) is 43.2 Å². The van der Waals surface area contributed by atoms with Gasteiger partial charge in [0.25, 0.3) is 0 Å². The lowest BCUT2D eigenvalue weighted by atomic mass is 9.43. The second-order valence-electron chi connectivity index (χ2n) is 18.8. The minimum atomic E-state index is 0.00602. The molecule has 15 rings (SSSR count). The van der Waals surface area contributed by atoms with E-state index < -0.39 is 0 Å². The first-order valence-electron chi connectivity index (χ1n) is 22.9. The molecule has 4 nitrogen and oxygen atoms in total. The van der Waals surface area contributed by atoms with Crippen molar-refractivity contribution in [1.29, 1.82) is 0 Å². The molecular formula is C59H44N4. The van der Waals surface area contributed by atoms with Gasteiger partial charge in [0.05, 0.1) is 11.0 Å². The lowest BCUT2D eigenvalue weighted by Gasteiger charge is -2.61. The fourth-order valence-electron chi connectivity index (χ4n) is 13.4. The molecule has 4 saturated carbocycles. The predicted molar refractivity (Wildman–Crippen MR) is 257 cm³/mol. The monoisotopic (exact) mass is 808 g/mol. The van der Waals surface area contributed by atoms with Crippen molar-refractivity contribution < 1.29 is 0 Å². The lowest BCUT2D eigenvalue weighted by Crippen LogP contribution is -2.55. The van der Waals surface area contributed by atoms with Crippen LogP contribution in [0.15, 0.2) is 182 Å². The zero-order valence-electron chi connectivity index (χ0n) is 35.0. The maximum absolute atomic E-state index is 5.41. The van der Waals surface area contributed by atoms with Crippen molar-refractivity contribution in [2.24, 2.45) is 23.7 Å². The zero-order chi connectivity index (χ0) is 41.2. The Kier molecular flexibility index (Phi) is 7.54. The second kappa shape index (κ2) is 13.4. The van der Waals surface area contributed by atoms with Gasteiger partial charge in [-0.1, -0.05) is 146 Å². The number of rotatable bonds is 5. The number of hydrogen-bond acceptors (Lipinski definition) is 3. The SMILES string of the molecule is c1ccc(-c2nc(-c3cccc(-c4cccc5c4c4ccccc4n5-c4ccccc4)c3)nc(-c3ccc4c(c3)C3(c5c-4ccc4ccccc54)C4CC5CC(C4)CC3C5)n2)cc1. The molecule has 1 spiro atoms. The van der Waals surface area contributed by atoms with Crippen molar-refractivity contribution in [3.05, 3.63) is 193 Å². The highest BCUT2D eigenvalue weighted by atomic mass is 15.0. The standard InChI is InChI=1S/C59H44N4/c1-3-14-39(15-4-1)56-60-57(41-17-11-16-40(34-41)46-22-12-24-53-54(46)50-21-9-10-23-52(50)63(53)45-18-5-2-6-19-45)62-58(61-56)42-26-27-48-49-28-25-38-13-7-8-20-47(38)55(49)59(51(48)35-42)43-30-36-29-37(32-43)33-44(59)31-36/h1-28,34-37,43-44H,29-33H2. The minimum absolute atomic E-state index is 0.00602. The highest BCUT2D eigenvalue weighted by molar-refractivity contribution is 6.16. The Balaban J connectivity index is 0.946. The molecule has 0 aliphatic heterocycles. The Morgan fingerprint density at radius 3 is 1.78 bits per heavy atom. The van der Waals surface area contributed by atoms with Crippen LogP contribution in [0.3, 0.4) is 0 Å². The van der Waals surface area contributed by atoms with E-state index in [0.29, 0.717) is 23.5 Å². The second-order valence-corrected chi connectivity index (χ2v) is 18.8. The molecular weight excluding hydrogens is 765 g/mol. The molecule has 0 amide bonds. The van der Waals surface area contributed by atoms with E-state index in [1.165, 1.54) is 86.9 Å². The summed E-state index contributed by atoms with van der Waals surface area (Å²) in [6.45, 7) is 0. The number of benzene rings is 8. The Morgan fingerprint density at radius 2 is 1.00 bits per heavy atom. The van der Waals surface area contributed by atoms with E-state index >= 15 is 0 Å². The quantitative estimate of drug-likeness (QED) is 0.174. The van der Waals surface area contributed by atoms with Gasteiger partial charge in [0.1, 0.15) is 0 Å². The molecule has 5 aliphatic carbocycles. The lowest BCUT2D eigenvalue weighted by molar-refractivity contribution is -0.0393. The molecule has 0 unspecified atom stereocenters. The average molecular weight is 809 g/mol. The summed E-state index contributed by atoms with van der Waals surface area (Å²) in [4.78, 5) is 16.0. The molecule has 4 heteroatoms. The summed E-state index contributed by atoms with van der Waals surface area (Å²) in [5.41, 5.74) is 14.8. The Labute approximate surface area is 367 Å². The van der Waals surface area contributed by atoms with E-state index in [0.717, 1.165) is 45.6 Å². The Bertz CT molecular complexity index is 3450. The third kappa shape index (κ3) is 5.12. The molecule has 4 bridgehead atoms. The molecule has 300 valence electrons. The summed E-state index contributed by atoms with van der Waals surface area (Å²) in [7, 11) is 0. The first kappa shape index (κ1) is 35.4. The van der Waals surface area contributed by atoms with Crippen molar-refractivity contribution in [2.45, 2.75) is 37.5 Å². The number of hydrogen-bond donors (Lipinski definition) is 0. The molecule has 5 aliphatic rings. The van der Waals surface area contributed by atoms with Crippen LogP contribution in [-0.2, 0) is 5.41 Å². The van der Waals surface area contributed by atoms with Gasteiger partial charge < -0.3 is 4.57 Å². The van der Waals surface area contributed by atoms with E-state index in [9.17, 15) is 0 Å². The van der Waals surface area contributed by atoms with Crippen molar-refractivity contribution >= 4 is 32.6 Å². The third-order valence-electron chi connectivity index (χ3n) is 15.6. The summed E-state index contributed by atoms with van der Waals surface area (Å²) < 4.78 is 2.38. The van der Waals surface area contributed by atoms with E-state index in [4.69, 9.17) is 15.0 Å². The van der Waals surface area contributed by atoms with E-state index in [1.807, 2.05) is 0 Å². The number of aromatic nitrogens is 4. The van der Waals surface area contributed by atoms with E-state index in [2.05, 4.69) is 187 Å². The fourth-order valence-corrected chi connectivity index (χ4v) is 13.4. The summed E-state index contributed by atoms with van der Waals surface area (Å²) in [6, 6.07) is 66.4. The zero-order valence-corrected chi connectivity index (χ0v) is 35.0. The van der Waals surface area contributed by atoms with Crippen LogP contribution in [0.25, 0.3) is 94.7 Å². The van der Waals surface area contributed by atoms with Crippen LogP contribution in [0, 0.1) is 23.7 Å². The number of fused-ring (bicyclic) bond motifs is 8. The first-order chi connectivity index (χ1) is 31.2. The van der Waals surface area contributed by atoms with Gasteiger partial charge in [-0.2, -0.15) is 0 Å². The van der Waals surface area contributed by atoms with Crippen LogP contribution >= 0.6 is 0 Å². The molecule has 10 aromatic rings. The van der Waals surface area contributed by atoms with Crippen molar-refractivity contribution in [3.8, 4) is 62.1 Å². The van der Waals surface area contributed by atoms with Gasteiger partial charge in [-0.15, -0.1) is 0 Å². The molecule has 0 N–H and O–H groups in total. The van der Waals surface area contributed by atoms with Gasteiger partial charge in [0, 0.05) is 38.6 Å².